The molecule has 5 heteroatoms. The highest BCUT2D eigenvalue weighted by Crippen LogP contribution is 2.31. The van der Waals surface area contributed by atoms with E-state index in [-0.39, 0.29) is 18.4 Å². The first-order valence-electron chi connectivity index (χ1n) is 5.17. The largest absolute Gasteiger partial charge is 0.469 e. The average Bonchev–Trinajstić information content (AvgIpc) is 2.26. The van der Waals surface area contributed by atoms with E-state index in [1.807, 2.05) is 25.1 Å². The summed E-state index contributed by atoms with van der Waals surface area (Å²) in [7, 11) is 1.36. The zero-order valence-electron chi connectivity index (χ0n) is 10.6. The number of hydrogen-bond acceptors (Lipinski definition) is 4. The molecule has 2 N–H and O–H groups in total. The molecule has 4 nitrogen and oxygen atoms in total. The number of esters is 1. The molecule has 1 aromatic rings. The summed E-state index contributed by atoms with van der Waals surface area (Å²) < 4.78 is 4.74. The smallest absolute Gasteiger partial charge is 0.313 e. The van der Waals surface area contributed by atoms with Crippen LogP contribution in [0.25, 0.3) is 0 Å². The highest BCUT2D eigenvalue weighted by atomic mass is 35.5. The highest BCUT2D eigenvalue weighted by molar-refractivity contribution is 5.85. The van der Waals surface area contributed by atoms with Crippen LogP contribution in [0.15, 0.2) is 18.2 Å². The fourth-order valence-corrected chi connectivity index (χ4v) is 1.50. The van der Waals surface area contributed by atoms with Gasteiger partial charge < -0.3 is 10.5 Å². The third kappa shape index (κ3) is 3.41. The van der Waals surface area contributed by atoms with Gasteiger partial charge in [0.2, 0.25) is 0 Å². The van der Waals surface area contributed by atoms with Crippen LogP contribution in [0.4, 0.5) is 0 Å². The Balaban J connectivity index is 0.00000256. The predicted molar refractivity (Wildman–Crippen MR) is 68.9 cm³/mol. The minimum atomic E-state index is -0.782. The van der Waals surface area contributed by atoms with E-state index in [4.69, 9.17) is 10.5 Å². The van der Waals surface area contributed by atoms with E-state index in [2.05, 4.69) is 4.98 Å². The number of carbonyl (C=O) groups is 1. The first-order valence-corrected chi connectivity index (χ1v) is 5.17. The lowest BCUT2D eigenvalue weighted by Crippen LogP contribution is -2.37. The van der Waals surface area contributed by atoms with Crippen molar-refractivity contribution in [2.24, 2.45) is 11.1 Å². The fourth-order valence-electron chi connectivity index (χ4n) is 1.50. The van der Waals surface area contributed by atoms with Gasteiger partial charge in [0.05, 0.1) is 24.3 Å². The molecule has 1 rings (SSSR count). The Hall–Kier alpha value is -1.13. The lowest BCUT2D eigenvalue weighted by atomic mass is 9.83. The van der Waals surface area contributed by atoms with Crippen molar-refractivity contribution in [1.82, 2.24) is 4.98 Å². The highest BCUT2D eigenvalue weighted by Gasteiger charge is 2.37. The maximum Gasteiger partial charge on any atom is 0.313 e. The molecule has 0 radical (unpaired) electrons. The van der Waals surface area contributed by atoms with Crippen LogP contribution in [0.2, 0.25) is 0 Å². The molecule has 17 heavy (non-hydrogen) atoms. The zero-order chi connectivity index (χ0) is 12.3. The van der Waals surface area contributed by atoms with E-state index in [1.54, 1.807) is 13.8 Å². The van der Waals surface area contributed by atoms with E-state index in [1.165, 1.54) is 7.11 Å². The van der Waals surface area contributed by atoms with Crippen LogP contribution in [-0.2, 0) is 9.53 Å². The summed E-state index contributed by atoms with van der Waals surface area (Å²) in [5, 5.41) is 0. The number of nitrogens with two attached hydrogens (primary N) is 1. The topological polar surface area (TPSA) is 65.2 Å². The Kier molecular flexibility index (Phi) is 5.58. The second kappa shape index (κ2) is 5.98. The molecule has 96 valence electrons. The van der Waals surface area contributed by atoms with Gasteiger partial charge in [0, 0.05) is 5.69 Å². The minimum absolute atomic E-state index is 0. The Labute approximate surface area is 108 Å². The SMILES string of the molecule is COC(=O)C(C)(C)[C@H](N)c1cccc(C)n1.Cl. The number of rotatable bonds is 3. The van der Waals surface area contributed by atoms with Gasteiger partial charge in [0.1, 0.15) is 0 Å². The van der Waals surface area contributed by atoms with E-state index in [0.717, 1.165) is 5.69 Å². The van der Waals surface area contributed by atoms with Crippen LogP contribution in [0.5, 0.6) is 0 Å². The Morgan fingerprint density at radius 3 is 2.53 bits per heavy atom. The summed E-state index contributed by atoms with van der Waals surface area (Å²) in [6.45, 7) is 5.41. The molecule has 0 spiro atoms. The van der Waals surface area contributed by atoms with E-state index >= 15 is 0 Å². The van der Waals surface area contributed by atoms with Crippen molar-refractivity contribution in [2.45, 2.75) is 26.8 Å². The Morgan fingerprint density at radius 1 is 1.47 bits per heavy atom. The molecule has 1 heterocycles. The van der Waals surface area contributed by atoms with E-state index in [9.17, 15) is 4.79 Å². The summed E-state index contributed by atoms with van der Waals surface area (Å²) in [6.07, 6.45) is 0. The van der Waals surface area contributed by atoms with Gasteiger partial charge in [-0.3, -0.25) is 9.78 Å². The molecule has 1 atom stereocenters. The molecule has 0 saturated carbocycles. The molecular weight excluding hydrogens is 240 g/mol. The van der Waals surface area contributed by atoms with Gasteiger partial charge in [0.25, 0.3) is 0 Å². The van der Waals surface area contributed by atoms with Crippen LogP contribution >= 0.6 is 12.4 Å². The van der Waals surface area contributed by atoms with Crippen molar-refractivity contribution in [3.63, 3.8) is 0 Å². The molecular formula is C12H19ClN2O2. The molecule has 0 amide bonds. The summed E-state index contributed by atoms with van der Waals surface area (Å²) >= 11 is 0. The molecule has 0 unspecified atom stereocenters. The maximum atomic E-state index is 11.6. The third-order valence-corrected chi connectivity index (χ3v) is 2.72. The molecule has 0 fully saturated rings. The molecule has 0 aromatic carbocycles. The normalized spacial score (nSPS) is 12.5. The average molecular weight is 259 g/mol. The lowest BCUT2D eigenvalue weighted by Gasteiger charge is -2.28. The van der Waals surface area contributed by atoms with E-state index < -0.39 is 11.5 Å². The molecule has 0 aliphatic carbocycles. The van der Waals surface area contributed by atoms with Gasteiger partial charge in [-0.1, -0.05) is 6.07 Å². The van der Waals surface area contributed by atoms with Gasteiger partial charge >= 0.3 is 5.97 Å². The quantitative estimate of drug-likeness (QED) is 0.843. The second-order valence-electron chi connectivity index (χ2n) is 4.39. The van der Waals surface area contributed by atoms with Crippen molar-refractivity contribution in [1.29, 1.82) is 0 Å². The Morgan fingerprint density at radius 2 is 2.06 bits per heavy atom. The summed E-state index contributed by atoms with van der Waals surface area (Å²) in [6, 6.07) is 5.12. The molecule has 0 aliphatic rings. The van der Waals surface area contributed by atoms with Crippen LogP contribution in [-0.4, -0.2) is 18.1 Å². The van der Waals surface area contributed by atoms with Crippen molar-refractivity contribution >= 4 is 18.4 Å². The number of ether oxygens (including phenoxy) is 1. The van der Waals surface area contributed by atoms with Crippen molar-refractivity contribution in [3.05, 3.63) is 29.6 Å². The summed E-state index contributed by atoms with van der Waals surface area (Å²) in [5.74, 6) is -0.330. The van der Waals surface area contributed by atoms with Crippen molar-refractivity contribution in [2.75, 3.05) is 7.11 Å². The van der Waals surface area contributed by atoms with Gasteiger partial charge in [-0.05, 0) is 32.9 Å². The maximum absolute atomic E-state index is 11.6. The first-order chi connectivity index (χ1) is 7.39. The number of halogens is 1. The van der Waals surface area contributed by atoms with Crippen LogP contribution in [0.1, 0.15) is 31.3 Å². The molecule has 0 aliphatic heterocycles. The predicted octanol–water partition coefficient (Wildman–Crippen LogP) is 2.01. The molecule has 0 saturated heterocycles. The first kappa shape index (κ1) is 15.9. The van der Waals surface area contributed by atoms with Crippen molar-refractivity contribution in [3.8, 4) is 0 Å². The second-order valence-corrected chi connectivity index (χ2v) is 4.39. The van der Waals surface area contributed by atoms with Crippen LogP contribution in [0.3, 0.4) is 0 Å². The summed E-state index contributed by atoms with van der Waals surface area (Å²) in [4.78, 5) is 15.9. The van der Waals surface area contributed by atoms with Crippen LogP contribution in [0, 0.1) is 12.3 Å². The summed E-state index contributed by atoms with van der Waals surface area (Å²) in [5.41, 5.74) is 6.86. The van der Waals surface area contributed by atoms with Crippen molar-refractivity contribution < 1.29 is 9.53 Å². The van der Waals surface area contributed by atoms with Crippen LogP contribution < -0.4 is 5.73 Å². The van der Waals surface area contributed by atoms with Gasteiger partial charge in [-0.25, -0.2) is 0 Å². The van der Waals surface area contributed by atoms with Gasteiger partial charge in [-0.15, -0.1) is 12.4 Å². The monoisotopic (exact) mass is 258 g/mol. The number of carbonyl (C=O) groups excluding carboxylic acids is 1. The number of methoxy groups -OCH3 is 1. The Bertz CT molecular complexity index is 394. The number of aromatic nitrogens is 1. The molecule has 1 aromatic heterocycles. The standard InChI is InChI=1S/C12H18N2O2.ClH/c1-8-6-5-7-9(14-8)10(13)12(2,3)11(15)16-4;/h5-7,10H,13H2,1-4H3;1H/t10-;/m1./s1. The fraction of sp³-hybridized carbons (Fsp3) is 0.500. The van der Waals surface area contributed by atoms with E-state index in [0.29, 0.717) is 5.69 Å². The molecule has 0 bridgehead atoms. The lowest BCUT2D eigenvalue weighted by molar-refractivity contribution is -0.152. The minimum Gasteiger partial charge on any atom is -0.469 e. The third-order valence-electron chi connectivity index (χ3n) is 2.72. The van der Waals surface area contributed by atoms with Gasteiger partial charge in [0.15, 0.2) is 0 Å². The van der Waals surface area contributed by atoms with Gasteiger partial charge in [-0.2, -0.15) is 0 Å². The number of nitrogens with zero attached hydrogens (tertiary/aromatic N) is 1. The zero-order valence-corrected chi connectivity index (χ0v) is 11.4. The number of hydrogen-bond donors (Lipinski definition) is 1. The number of aryl methyl sites for hydroxylation is 1. The number of pyridine rings is 1.